The molecule has 3 nitrogen and oxygen atoms in total. The SMILES string of the molecule is O=C(COc1ccccc1F)N1CCSC1. The second kappa shape index (κ2) is 5.21. The minimum Gasteiger partial charge on any atom is -0.481 e. The molecule has 0 spiro atoms. The molecule has 5 heteroatoms. The fourth-order valence-electron chi connectivity index (χ4n) is 1.40. The molecule has 0 aliphatic carbocycles. The van der Waals surface area contributed by atoms with Crippen LogP contribution in [0.3, 0.4) is 0 Å². The van der Waals surface area contributed by atoms with Crippen molar-refractivity contribution in [2.45, 2.75) is 0 Å². The molecule has 1 aliphatic rings. The second-order valence-electron chi connectivity index (χ2n) is 3.41. The highest BCUT2D eigenvalue weighted by Crippen LogP contribution is 2.17. The summed E-state index contributed by atoms with van der Waals surface area (Å²) in [6.45, 7) is 0.658. The normalized spacial score (nSPS) is 15.2. The van der Waals surface area contributed by atoms with E-state index < -0.39 is 5.82 Å². The third-order valence-corrected chi connectivity index (χ3v) is 3.26. The van der Waals surface area contributed by atoms with Gasteiger partial charge in [0.1, 0.15) is 0 Å². The number of nitrogens with zero attached hydrogens (tertiary/aromatic N) is 1. The zero-order valence-corrected chi connectivity index (χ0v) is 9.50. The van der Waals surface area contributed by atoms with Crippen molar-refractivity contribution in [3.8, 4) is 5.75 Å². The molecular weight excluding hydrogens is 229 g/mol. The van der Waals surface area contributed by atoms with Gasteiger partial charge in [-0.2, -0.15) is 0 Å². The van der Waals surface area contributed by atoms with Crippen LogP contribution in [0, 0.1) is 5.82 Å². The second-order valence-corrected chi connectivity index (χ2v) is 4.49. The first-order chi connectivity index (χ1) is 7.77. The quantitative estimate of drug-likeness (QED) is 0.807. The number of para-hydroxylation sites is 1. The summed E-state index contributed by atoms with van der Waals surface area (Å²) < 4.78 is 18.3. The van der Waals surface area contributed by atoms with E-state index in [1.54, 1.807) is 28.8 Å². The molecule has 0 atom stereocenters. The molecule has 0 unspecified atom stereocenters. The average molecular weight is 241 g/mol. The molecule has 1 saturated heterocycles. The average Bonchev–Trinajstić information content (AvgIpc) is 2.81. The molecule has 1 fully saturated rings. The standard InChI is InChI=1S/C11H12FNO2S/c12-9-3-1-2-4-10(9)15-7-11(14)13-5-6-16-8-13/h1-4H,5-8H2. The predicted molar refractivity (Wildman–Crippen MR) is 60.9 cm³/mol. The van der Waals surface area contributed by atoms with Gasteiger partial charge in [0.2, 0.25) is 0 Å². The number of rotatable bonds is 3. The van der Waals surface area contributed by atoms with E-state index >= 15 is 0 Å². The lowest BCUT2D eigenvalue weighted by atomic mass is 10.3. The Hall–Kier alpha value is -1.23. The topological polar surface area (TPSA) is 29.5 Å². The molecular formula is C11H12FNO2S. The Morgan fingerprint density at radius 3 is 3.00 bits per heavy atom. The van der Waals surface area contributed by atoms with Gasteiger partial charge in [-0.1, -0.05) is 12.1 Å². The lowest BCUT2D eigenvalue weighted by Gasteiger charge is -2.14. The Labute approximate surface area is 97.6 Å². The van der Waals surface area contributed by atoms with E-state index in [1.807, 2.05) is 0 Å². The van der Waals surface area contributed by atoms with Crippen molar-refractivity contribution < 1.29 is 13.9 Å². The number of amides is 1. The smallest absolute Gasteiger partial charge is 0.261 e. The fraction of sp³-hybridized carbons (Fsp3) is 0.364. The zero-order valence-electron chi connectivity index (χ0n) is 8.69. The molecule has 1 aromatic rings. The van der Waals surface area contributed by atoms with Gasteiger partial charge in [0.15, 0.2) is 18.2 Å². The van der Waals surface area contributed by atoms with Crippen molar-refractivity contribution >= 4 is 17.7 Å². The lowest BCUT2D eigenvalue weighted by molar-refractivity contribution is -0.131. The number of carbonyl (C=O) groups is 1. The third kappa shape index (κ3) is 2.66. The molecule has 86 valence electrons. The molecule has 0 saturated carbocycles. The van der Waals surface area contributed by atoms with E-state index in [4.69, 9.17) is 4.74 Å². The van der Waals surface area contributed by atoms with Crippen molar-refractivity contribution in [1.29, 1.82) is 0 Å². The maximum absolute atomic E-state index is 13.2. The highest BCUT2D eigenvalue weighted by atomic mass is 32.2. The Morgan fingerprint density at radius 2 is 2.31 bits per heavy atom. The van der Waals surface area contributed by atoms with Gasteiger partial charge in [-0.25, -0.2) is 4.39 Å². The van der Waals surface area contributed by atoms with E-state index in [0.717, 1.165) is 12.3 Å². The van der Waals surface area contributed by atoms with Gasteiger partial charge in [-0.05, 0) is 12.1 Å². The van der Waals surface area contributed by atoms with Crippen LogP contribution in [0.5, 0.6) is 5.75 Å². The number of thioether (sulfide) groups is 1. The largest absolute Gasteiger partial charge is 0.481 e. The molecule has 1 aromatic carbocycles. The molecule has 1 heterocycles. The minimum absolute atomic E-state index is 0.0896. The van der Waals surface area contributed by atoms with Crippen LogP contribution in [0.4, 0.5) is 4.39 Å². The van der Waals surface area contributed by atoms with Crippen molar-refractivity contribution in [3.05, 3.63) is 30.1 Å². The van der Waals surface area contributed by atoms with Crippen LogP contribution in [-0.2, 0) is 4.79 Å². The Morgan fingerprint density at radius 1 is 1.50 bits per heavy atom. The number of halogens is 1. The van der Waals surface area contributed by atoms with Crippen molar-refractivity contribution in [1.82, 2.24) is 4.90 Å². The van der Waals surface area contributed by atoms with E-state index in [2.05, 4.69) is 0 Å². The van der Waals surface area contributed by atoms with Gasteiger partial charge in [0, 0.05) is 12.3 Å². The van der Waals surface area contributed by atoms with Crippen molar-refractivity contribution in [2.75, 3.05) is 24.8 Å². The van der Waals surface area contributed by atoms with E-state index in [1.165, 1.54) is 12.1 Å². The summed E-state index contributed by atoms with van der Waals surface area (Å²) in [6, 6.07) is 6.09. The first-order valence-corrected chi connectivity index (χ1v) is 6.15. The van der Waals surface area contributed by atoms with E-state index in [-0.39, 0.29) is 18.3 Å². The van der Waals surface area contributed by atoms with Gasteiger partial charge in [0.25, 0.3) is 5.91 Å². The van der Waals surface area contributed by atoms with E-state index in [0.29, 0.717) is 5.88 Å². The van der Waals surface area contributed by atoms with Crippen LogP contribution >= 0.6 is 11.8 Å². The Kier molecular flexibility index (Phi) is 3.66. The summed E-state index contributed by atoms with van der Waals surface area (Å²) in [5.41, 5.74) is 0. The molecule has 16 heavy (non-hydrogen) atoms. The number of carbonyl (C=O) groups excluding carboxylic acids is 1. The third-order valence-electron chi connectivity index (χ3n) is 2.29. The summed E-state index contributed by atoms with van der Waals surface area (Å²) in [4.78, 5) is 13.3. The van der Waals surface area contributed by atoms with Gasteiger partial charge in [-0.3, -0.25) is 4.79 Å². The number of benzene rings is 1. The molecule has 0 bridgehead atoms. The summed E-state index contributed by atoms with van der Waals surface area (Å²) >= 11 is 1.71. The monoisotopic (exact) mass is 241 g/mol. The van der Waals surface area contributed by atoms with Gasteiger partial charge < -0.3 is 9.64 Å². The fourth-order valence-corrected chi connectivity index (χ4v) is 2.38. The number of hydrogen-bond acceptors (Lipinski definition) is 3. The molecule has 0 aromatic heterocycles. The van der Waals surface area contributed by atoms with Crippen molar-refractivity contribution in [2.24, 2.45) is 0 Å². The maximum Gasteiger partial charge on any atom is 0.261 e. The van der Waals surface area contributed by atoms with Crippen LogP contribution in [0.2, 0.25) is 0 Å². The van der Waals surface area contributed by atoms with Crippen LogP contribution in [0.15, 0.2) is 24.3 Å². The van der Waals surface area contributed by atoms with Gasteiger partial charge in [0.05, 0.1) is 5.88 Å². The molecule has 1 aliphatic heterocycles. The number of hydrogen-bond donors (Lipinski definition) is 0. The summed E-state index contributed by atoms with van der Waals surface area (Å²) in [7, 11) is 0. The first-order valence-electron chi connectivity index (χ1n) is 5.00. The summed E-state index contributed by atoms with van der Waals surface area (Å²) in [6.07, 6.45) is 0. The molecule has 0 N–H and O–H groups in total. The van der Waals surface area contributed by atoms with Crippen molar-refractivity contribution in [3.63, 3.8) is 0 Å². The lowest BCUT2D eigenvalue weighted by Crippen LogP contribution is -2.32. The Bertz CT molecular complexity index is 380. The van der Waals surface area contributed by atoms with Crippen LogP contribution in [-0.4, -0.2) is 35.6 Å². The van der Waals surface area contributed by atoms with Crippen LogP contribution < -0.4 is 4.74 Å². The maximum atomic E-state index is 13.2. The minimum atomic E-state index is -0.439. The van der Waals surface area contributed by atoms with E-state index in [9.17, 15) is 9.18 Å². The molecule has 0 radical (unpaired) electrons. The predicted octanol–water partition coefficient (Wildman–Crippen LogP) is 1.74. The van der Waals surface area contributed by atoms with Crippen LogP contribution in [0.25, 0.3) is 0 Å². The molecule has 2 rings (SSSR count). The van der Waals surface area contributed by atoms with Gasteiger partial charge in [-0.15, -0.1) is 11.8 Å². The Balaban J connectivity index is 1.87. The molecule has 1 amide bonds. The van der Waals surface area contributed by atoms with Crippen LogP contribution in [0.1, 0.15) is 0 Å². The summed E-state index contributed by atoms with van der Waals surface area (Å²) in [5, 5.41) is 0. The van der Waals surface area contributed by atoms with Gasteiger partial charge >= 0.3 is 0 Å². The number of ether oxygens (including phenoxy) is 1. The first kappa shape index (κ1) is 11.3. The summed E-state index contributed by atoms with van der Waals surface area (Å²) in [5.74, 6) is 1.27. The zero-order chi connectivity index (χ0) is 11.4. The highest BCUT2D eigenvalue weighted by Gasteiger charge is 2.18. The highest BCUT2D eigenvalue weighted by molar-refractivity contribution is 7.99.